The normalized spacial score (nSPS) is 12.2. The molecule has 3 N–H and O–H groups in total. The molecule has 0 aliphatic rings. The van der Waals surface area contributed by atoms with Crippen molar-refractivity contribution in [2.75, 3.05) is 0 Å². The second-order valence-corrected chi connectivity index (χ2v) is 4.86. The zero-order chi connectivity index (χ0) is 13.4. The van der Waals surface area contributed by atoms with Crippen molar-refractivity contribution in [1.82, 2.24) is 5.32 Å². The average molecular weight is 248 g/mol. The first-order chi connectivity index (χ1) is 8.61. The topological polar surface area (TPSA) is 55.1 Å². The van der Waals surface area contributed by atoms with Crippen LogP contribution in [0, 0.1) is 0 Å². The Morgan fingerprint density at radius 3 is 2.44 bits per heavy atom. The third-order valence-corrected chi connectivity index (χ3v) is 2.88. The predicted molar refractivity (Wildman–Crippen MR) is 75.2 cm³/mol. The van der Waals surface area contributed by atoms with E-state index in [2.05, 4.69) is 36.5 Å². The van der Waals surface area contributed by atoms with Crippen molar-refractivity contribution in [2.45, 2.75) is 52.1 Å². The summed E-state index contributed by atoms with van der Waals surface area (Å²) >= 11 is 0. The largest absolute Gasteiger partial charge is 0.352 e. The summed E-state index contributed by atoms with van der Waals surface area (Å²) in [6.45, 7) is 4.69. The lowest BCUT2D eigenvalue weighted by Gasteiger charge is -2.07. The van der Waals surface area contributed by atoms with Gasteiger partial charge in [0.25, 0.3) is 0 Å². The van der Waals surface area contributed by atoms with Crippen LogP contribution in [-0.2, 0) is 17.8 Å². The first-order valence-electron chi connectivity index (χ1n) is 6.72. The molecule has 1 rings (SSSR count). The van der Waals surface area contributed by atoms with E-state index in [1.54, 1.807) is 0 Å². The molecule has 1 amide bonds. The summed E-state index contributed by atoms with van der Waals surface area (Å²) in [5.41, 5.74) is 8.11. The van der Waals surface area contributed by atoms with Crippen LogP contribution in [0.25, 0.3) is 0 Å². The van der Waals surface area contributed by atoms with Gasteiger partial charge in [-0.2, -0.15) is 0 Å². The third-order valence-electron chi connectivity index (χ3n) is 2.88. The van der Waals surface area contributed by atoms with Crippen LogP contribution in [0.2, 0.25) is 0 Å². The highest BCUT2D eigenvalue weighted by Crippen LogP contribution is 2.06. The van der Waals surface area contributed by atoms with Crippen LogP contribution in [0.15, 0.2) is 24.3 Å². The van der Waals surface area contributed by atoms with E-state index in [4.69, 9.17) is 5.73 Å². The molecule has 18 heavy (non-hydrogen) atoms. The average Bonchev–Trinajstić information content (AvgIpc) is 2.36. The molecular formula is C15H24N2O. The molecule has 100 valence electrons. The Balaban J connectivity index is 2.32. The quantitative estimate of drug-likeness (QED) is 0.778. The maximum absolute atomic E-state index is 11.5. The highest BCUT2D eigenvalue weighted by molar-refractivity contribution is 5.75. The van der Waals surface area contributed by atoms with Crippen molar-refractivity contribution in [2.24, 2.45) is 5.73 Å². The van der Waals surface area contributed by atoms with Gasteiger partial charge >= 0.3 is 0 Å². The zero-order valence-electron chi connectivity index (χ0n) is 11.4. The monoisotopic (exact) mass is 248 g/mol. The van der Waals surface area contributed by atoms with E-state index < -0.39 is 0 Å². The Labute approximate surface area is 110 Å². The number of benzene rings is 1. The maximum Gasteiger partial charge on any atom is 0.220 e. The van der Waals surface area contributed by atoms with Crippen molar-refractivity contribution >= 4 is 5.91 Å². The molecule has 0 radical (unpaired) electrons. The Morgan fingerprint density at radius 2 is 1.89 bits per heavy atom. The van der Waals surface area contributed by atoms with E-state index in [9.17, 15) is 4.79 Å². The van der Waals surface area contributed by atoms with Crippen molar-refractivity contribution in [3.63, 3.8) is 0 Å². The molecule has 0 fully saturated rings. The molecule has 0 spiro atoms. The summed E-state index contributed by atoms with van der Waals surface area (Å²) in [4.78, 5) is 11.5. The highest BCUT2D eigenvalue weighted by atomic mass is 16.1. The van der Waals surface area contributed by atoms with Crippen molar-refractivity contribution in [1.29, 1.82) is 0 Å². The first-order valence-corrected chi connectivity index (χ1v) is 6.72. The molecule has 0 aromatic heterocycles. The molecule has 1 unspecified atom stereocenters. The van der Waals surface area contributed by atoms with Crippen molar-refractivity contribution < 1.29 is 4.79 Å². The summed E-state index contributed by atoms with van der Waals surface area (Å²) in [6.07, 6.45) is 3.52. The standard InChI is InChI=1S/C15H24N2O/c1-3-4-13-6-8-14(9-7-13)11-17-15(18)10-5-12(2)16/h6-9,12H,3-5,10-11,16H2,1-2H3,(H,17,18). The van der Waals surface area contributed by atoms with Gasteiger partial charge in [0.1, 0.15) is 0 Å². The molecule has 0 bridgehead atoms. The number of aryl methyl sites for hydroxylation is 1. The van der Waals surface area contributed by atoms with Gasteiger partial charge in [-0.25, -0.2) is 0 Å². The fourth-order valence-electron chi connectivity index (χ4n) is 1.76. The fourth-order valence-corrected chi connectivity index (χ4v) is 1.76. The van der Waals surface area contributed by atoms with Gasteiger partial charge in [-0.3, -0.25) is 4.79 Å². The van der Waals surface area contributed by atoms with Gasteiger partial charge in [-0.1, -0.05) is 37.6 Å². The summed E-state index contributed by atoms with van der Waals surface area (Å²) in [6, 6.07) is 8.51. The smallest absolute Gasteiger partial charge is 0.220 e. The minimum Gasteiger partial charge on any atom is -0.352 e. The Bertz CT molecular complexity index is 357. The molecule has 0 saturated heterocycles. The number of rotatable bonds is 7. The fraction of sp³-hybridized carbons (Fsp3) is 0.533. The van der Waals surface area contributed by atoms with Gasteiger partial charge in [0, 0.05) is 19.0 Å². The molecule has 1 aromatic rings. The van der Waals surface area contributed by atoms with Gasteiger partial charge in [-0.05, 0) is 30.9 Å². The van der Waals surface area contributed by atoms with Crippen LogP contribution in [0.3, 0.4) is 0 Å². The van der Waals surface area contributed by atoms with Gasteiger partial charge in [0.15, 0.2) is 0 Å². The number of amides is 1. The van der Waals surface area contributed by atoms with Crippen molar-refractivity contribution in [3.05, 3.63) is 35.4 Å². The number of carbonyl (C=O) groups excluding carboxylic acids is 1. The molecule has 0 aliphatic carbocycles. The zero-order valence-corrected chi connectivity index (χ0v) is 11.4. The van der Waals surface area contributed by atoms with Gasteiger partial charge < -0.3 is 11.1 Å². The Morgan fingerprint density at radius 1 is 1.28 bits per heavy atom. The van der Waals surface area contributed by atoms with Gasteiger partial charge in [-0.15, -0.1) is 0 Å². The molecule has 1 atom stereocenters. The molecule has 0 heterocycles. The van der Waals surface area contributed by atoms with E-state index in [0.717, 1.165) is 24.8 Å². The summed E-state index contributed by atoms with van der Waals surface area (Å²) in [7, 11) is 0. The summed E-state index contributed by atoms with van der Waals surface area (Å²) in [5.74, 6) is 0.0740. The van der Waals surface area contributed by atoms with Crippen LogP contribution >= 0.6 is 0 Å². The predicted octanol–water partition coefficient (Wildman–Crippen LogP) is 2.38. The number of hydrogen-bond acceptors (Lipinski definition) is 2. The van der Waals surface area contributed by atoms with Crippen LogP contribution in [0.1, 0.15) is 44.2 Å². The molecule has 0 saturated carbocycles. The number of nitrogens with one attached hydrogen (secondary N) is 1. The highest BCUT2D eigenvalue weighted by Gasteiger charge is 2.03. The molecular weight excluding hydrogens is 224 g/mol. The summed E-state index contributed by atoms with van der Waals surface area (Å²) in [5, 5.41) is 2.91. The van der Waals surface area contributed by atoms with Crippen LogP contribution in [0.4, 0.5) is 0 Å². The molecule has 3 nitrogen and oxygen atoms in total. The molecule has 0 aliphatic heterocycles. The third kappa shape index (κ3) is 5.82. The number of nitrogens with two attached hydrogens (primary N) is 1. The van der Waals surface area contributed by atoms with E-state index in [1.165, 1.54) is 5.56 Å². The van der Waals surface area contributed by atoms with E-state index in [-0.39, 0.29) is 11.9 Å². The first kappa shape index (κ1) is 14.7. The number of carbonyl (C=O) groups is 1. The Kier molecular flexibility index (Phi) is 6.44. The lowest BCUT2D eigenvalue weighted by molar-refractivity contribution is -0.121. The SMILES string of the molecule is CCCc1ccc(CNC(=O)CCC(C)N)cc1. The molecule has 3 heteroatoms. The van der Waals surface area contributed by atoms with E-state index in [1.807, 2.05) is 6.92 Å². The van der Waals surface area contributed by atoms with E-state index in [0.29, 0.717) is 13.0 Å². The molecule has 1 aromatic carbocycles. The lowest BCUT2D eigenvalue weighted by Crippen LogP contribution is -2.25. The Hall–Kier alpha value is -1.35. The second kappa shape index (κ2) is 7.88. The van der Waals surface area contributed by atoms with Crippen LogP contribution < -0.4 is 11.1 Å². The van der Waals surface area contributed by atoms with Crippen LogP contribution in [0.5, 0.6) is 0 Å². The van der Waals surface area contributed by atoms with Crippen molar-refractivity contribution in [3.8, 4) is 0 Å². The lowest BCUT2D eigenvalue weighted by atomic mass is 10.1. The minimum absolute atomic E-state index is 0.0740. The minimum atomic E-state index is 0.0740. The van der Waals surface area contributed by atoms with Gasteiger partial charge in [0.2, 0.25) is 5.91 Å². The van der Waals surface area contributed by atoms with E-state index >= 15 is 0 Å². The summed E-state index contributed by atoms with van der Waals surface area (Å²) < 4.78 is 0. The van der Waals surface area contributed by atoms with Gasteiger partial charge in [0.05, 0.1) is 0 Å². The van der Waals surface area contributed by atoms with Crippen LogP contribution in [-0.4, -0.2) is 11.9 Å². The number of hydrogen-bond donors (Lipinski definition) is 2. The maximum atomic E-state index is 11.5. The second-order valence-electron chi connectivity index (χ2n) is 4.86.